The summed E-state index contributed by atoms with van der Waals surface area (Å²) in [5, 5.41) is 9.03. The van der Waals surface area contributed by atoms with Crippen molar-refractivity contribution >= 4 is 29.5 Å². The Kier molecular flexibility index (Phi) is 2.57. The number of carboxylic acids is 1. The van der Waals surface area contributed by atoms with Gasteiger partial charge in [-0.3, -0.25) is 0 Å². The van der Waals surface area contributed by atoms with Crippen molar-refractivity contribution in [3.63, 3.8) is 0 Å². The van der Waals surface area contributed by atoms with E-state index >= 15 is 0 Å². The number of rotatable bonds is 2. The number of aromatic carboxylic acids is 1. The summed E-state index contributed by atoms with van der Waals surface area (Å²) in [6.45, 7) is 0. The van der Waals surface area contributed by atoms with Crippen LogP contribution < -0.4 is 11.5 Å². The zero-order valence-corrected chi connectivity index (χ0v) is 7.63. The van der Waals surface area contributed by atoms with E-state index in [1.54, 1.807) is 6.26 Å². The summed E-state index contributed by atoms with van der Waals surface area (Å²) in [7, 11) is 0. The van der Waals surface area contributed by atoms with Crippen molar-refractivity contribution in [3.8, 4) is 0 Å². The summed E-state index contributed by atoms with van der Waals surface area (Å²) in [6, 6.07) is 0. The van der Waals surface area contributed by atoms with Gasteiger partial charge in [-0.15, -0.1) is 11.8 Å². The Hall–Kier alpha value is -1.50. The van der Waals surface area contributed by atoms with Crippen molar-refractivity contribution in [2.75, 3.05) is 17.7 Å². The predicted molar refractivity (Wildman–Crippen MR) is 49.6 cm³/mol. The number of carboxylic acid groups (broad SMARTS) is 1. The molecule has 1 heterocycles. The molecule has 0 aliphatic carbocycles. The zero-order chi connectivity index (χ0) is 10.0. The van der Waals surface area contributed by atoms with Gasteiger partial charge in [0.25, 0.3) is 0 Å². The molecule has 0 amide bonds. The highest BCUT2D eigenvalue weighted by atomic mass is 32.2. The molecule has 70 valence electrons. The van der Waals surface area contributed by atoms with Crippen LogP contribution in [0.2, 0.25) is 0 Å². The van der Waals surface area contributed by atoms with Crippen molar-refractivity contribution < 1.29 is 9.90 Å². The largest absolute Gasteiger partial charge is 0.477 e. The highest BCUT2D eigenvalue weighted by Crippen LogP contribution is 2.22. The van der Waals surface area contributed by atoms with Gasteiger partial charge in [-0.25, -0.2) is 9.78 Å². The quantitative estimate of drug-likeness (QED) is 0.456. The first-order valence-electron chi connectivity index (χ1n) is 3.26. The average Bonchev–Trinajstić information content (AvgIpc) is 2.01. The number of nitrogens with two attached hydrogens (primary N) is 2. The first-order valence-corrected chi connectivity index (χ1v) is 4.49. The Balaban J connectivity index is 3.38. The molecule has 1 rings (SSSR count). The van der Waals surface area contributed by atoms with Crippen molar-refractivity contribution in [3.05, 3.63) is 5.56 Å². The summed E-state index contributed by atoms with van der Waals surface area (Å²) in [5.41, 5.74) is 10.6. The summed E-state index contributed by atoms with van der Waals surface area (Å²) in [5.74, 6) is -1.28. The van der Waals surface area contributed by atoms with Crippen molar-refractivity contribution in [1.29, 1.82) is 0 Å². The molecule has 0 atom stereocenters. The van der Waals surface area contributed by atoms with Crippen LogP contribution in [0.4, 0.5) is 11.8 Å². The first-order chi connectivity index (χ1) is 6.06. The Labute approximate surface area is 78.4 Å². The fourth-order valence-corrected chi connectivity index (χ4v) is 1.40. The zero-order valence-electron chi connectivity index (χ0n) is 6.81. The fraction of sp³-hybridized carbons (Fsp3) is 0.167. The number of anilines is 2. The molecule has 0 spiro atoms. The van der Waals surface area contributed by atoms with Crippen LogP contribution in [-0.4, -0.2) is 27.3 Å². The molecule has 0 radical (unpaired) electrons. The van der Waals surface area contributed by atoms with E-state index < -0.39 is 5.97 Å². The normalized spacial score (nSPS) is 9.92. The molecule has 0 aliphatic heterocycles. The van der Waals surface area contributed by atoms with Crippen LogP contribution >= 0.6 is 11.8 Å². The lowest BCUT2D eigenvalue weighted by Gasteiger charge is -2.04. The summed E-state index contributed by atoms with van der Waals surface area (Å²) >= 11 is 1.16. The van der Waals surface area contributed by atoms with Gasteiger partial charge in [0.2, 0.25) is 5.95 Å². The standard InChI is InChI=1S/C6H8N4O2S/c1-13-4-2(5(11)12)3(7)9-6(8)10-4/h1H3,(H,11,12)(H4,7,8,9,10). The predicted octanol–water partition coefficient (Wildman–Crippen LogP) is 0.0611. The van der Waals surface area contributed by atoms with Gasteiger partial charge < -0.3 is 16.6 Å². The molecule has 1 aromatic rings. The third-order valence-electron chi connectivity index (χ3n) is 1.33. The maximum atomic E-state index is 10.7. The molecule has 7 heteroatoms. The second-order valence-corrected chi connectivity index (χ2v) is 2.95. The van der Waals surface area contributed by atoms with Crippen molar-refractivity contribution in [1.82, 2.24) is 9.97 Å². The molecule has 0 unspecified atom stereocenters. The molecule has 0 saturated carbocycles. The smallest absolute Gasteiger partial charge is 0.342 e. The van der Waals surface area contributed by atoms with Gasteiger partial charge in [0.1, 0.15) is 16.4 Å². The van der Waals surface area contributed by atoms with E-state index in [-0.39, 0.29) is 22.4 Å². The lowest BCUT2D eigenvalue weighted by molar-refractivity contribution is 0.0693. The lowest BCUT2D eigenvalue weighted by Crippen LogP contribution is -2.10. The van der Waals surface area contributed by atoms with E-state index in [4.69, 9.17) is 16.6 Å². The van der Waals surface area contributed by atoms with Gasteiger partial charge >= 0.3 is 5.97 Å². The topological polar surface area (TPSA) is 115 Å². The van der Waals surface area contributed by atoms with Gasteiger partial charge in [0.15, 0.2) is 0 Å². The molecule has 1 aromatic heterocycles. The molecule has 0 aliphatic rings. The van der Waals surface area contributed by atoms with Gasteiger partial charge in [0.05, 0.1) is 0 Å². The number of nitrogen functional groups attached to an aromatic ring is 2. The lowest BCUT2D eigenvalue weighted by atomic mass is 10.3. The van der Waals surface area contributed by atoms with Crippen LogP contribution in [0.5, 0.6) is 0 Å². The van der Waals surface area contributed by atoms with E-state index in [2.05, 4.69) is 9.97 Å². The van der Waals surface area contributed by atoms with Gasteiger partial charge in [-0.2, -0.15) is 4.98 Å². The summed E-state index contributed by atoms with van der Waals surface area (Å²) in [4.78, 5) is 18.0. The highest BCUT2D eigenvalue weighted by molar-refractivity contribution is 7.98. The number of hydrogen-bond donors (Lipinski definition) is 3. The minimum Gasteiger partial charge on any atom is -0.477 e. The minimum atomic E-state index is -1.15. The summed E-state index contributed by atoms with van der Waals surface area (Å²) in [6.07, 6.45) is 1.69. The van der Waals surface area contributed by atoms with Crippen molar-refractivity contribution in [2.24, 2.45) is 0 Å². The maximum Gasteiger partial charge on any atom is 0.342 e. The SMILES string of the molecule is CSc1nc(N)nc(N)c1C(=O)O. The number of carbonyl (C=O) groups is 1. The van der Waals surface area contributed by atoms with Gasteiger partial charge in [-0.1, -0.05) is 0 Å². The van der Waals surface area contributed by atoms with Crippen LogP contribution in [0.3, 0.4) is 0 Å². The Morgan fingerprint density at radius 2 is 2.08 bits per heavy atom. The molecule has 0 fully saturated rings. The fourth-order valence-electron chi connectivity index (χ4n) is 0.823. The van der Waals surface area contributed by atoms with Gasteiger partial charge in [-0.05, 0) is 6.26 Å². The molecule has 6 nitrogen and oxygen atoms in total. The molecule has 0 saturated heterocycles. The van der Waals surface area contributed by atoms with Crippen LogP contribution in [0.1, 0.15) is 10.4 Å². The van der Waals surface area contributed by atoms with Crippen LogP contribution in [-0.2, 0) is 0 Å². The molecule has 0 aromatic carbocycles. The third-order valence-corrected chi connectivity index (χ3v) is 2.01. The molecular formula is C6H8N4O2S. The van der Waals surface area contributed by atoms with E-state index in [1.165, 1.54) is 0 Å². The van der Waals surface area contributed by atoms with Crippen LogP contribution in [0.25, 0.3) is 0 Å². The number of hydrogen-bond acceptors (Lipinski definition) is 6. The molecular weight excluding hydrogens is 192 g/mol. The first kappa shape index (κ1) is 9.59. The van der Waals surface area contributed by atoms with E-state index in [1.807, 2.05) is 0 Å². The van der Waals surface area contributed by atoms with E-state index in [0.29, 0.717) is 0 Å². The van der Waals surface area contributed by atoms with Gasteiger partial charge in [0, 0.05) is 0 Å². The van der Waals surface area contributed by atoms with E-state index in [0.717, 1.165) is 11.8 Å². The monoisotopic (exact) mass is 200 g/mol. The number of nitrogens with zero attached hydrogens (tertiary/aromatic N) is 2. The summed E-state index contributed by atoms with van der Waals surface area (Å²) < 4.78 is 0. The molecule has 13 heavy (non-hydrogen) atoms. The van der Waals surface area contributed by atoms with Crippen molar-refractivity contribution in [2.45, 2.75) is 5.03 Å². The third kappa shape index (κ3) is 1.81. The molecule has 5 N–H and O–H groups in total. The Morgan fingerprint density at radius 1 is 1.46 bits per heavy atom. The highest BCUT2D eigenvalue weighted by Gasteiger charge is 2.16. The second kappa shape index (κ2) is 3.48. The van der Waals surface area contributed by atoms with Crippen LogP contribution in [0.15, 0.2) is 5.03 Å². The number of aromatic nitrogens is 2. The second-order valence-electron chi connectivity index (χ2n) is 2.16. The Morgan fingerprint density at radius 3 is 2.54 bits per heavy atom. The van der Waals surface area contributed by atoms with E-state index in [9.17, 15) is 4.79 Å². The average molecular weight is 200 g/mol. The minimum absolute atomic E-state index is 0.0214. The Bertz CT molecular complexity index is 355. The maximum absolute atomic E-state index is 10.7. The number of thioether (sulfide) groups is 1. The van der Waals surface area contributed by atoms with Crippen LogP contribution in [0, 0.1) is 0 Å². The molecule has 0 bridgehead atoms.